The average Bonchev–Trinajstić information content (AvgIpc) is 2.79. The van der Waals surface area contributed by atoms with Crippen LogP contribution in [0.5, 0.6) is 0 Å². The number of nitrogens with one attached hydrogen (secondary N) is 2. The molecule has 0 bridgehead atoms. The monoisotopic (exact) mass is 282 g/mol. The zero-order chi connectivity index (χ0) is 14.5. The molecular weight excluding hydrogens is 256 g/mol. The number of likely N-dealkylation sites (tertiary alicyclic amines) is 1. The van der Waals surface area contributed by atoms with Crippen molar-refractivity contribution in [1.82, 2.24) is 15.5 Å². The molecule has 0 aromatic heterocycles. The Balaban J connectivity index is 1.70. The van der Waals surface area contributed by atoms with Gasteiger partial charge in [-0.2, -0.15) is 0 Å². The van der Waals surface area contributed by atoms with Gasteiger partial charge in [0, 0.05) is 25.2 Å². The predicted octanol–water partition coefficient (Wildman–Crippen LogP) is 0.424. The predicted molar refractivity (Wildman–Crippen MR) is 77.1 cm³/mol. The molecule has 3 amide bonds. The number of carbonyl (C=O) groups excluding carboxylic acids is 2. The van der Waals surface area contributed by atoms with E-state index < -0.39 is 0 Å². The number of nitrogens with two attached hydrogens (primary N) is 1. The third-order valence-corrected chi connectivity index (χ3v) is 4.08. The van der Waals surface area contributed by atoms with Crippen molar-refractivity contribution in [2.45, 2.75) is 51.1 Å². The van der Waals surface area contributed by atoms with E-state index in [9.17, 15) is 9.59 Å². The molecule has 2 atom stereocenters. The molecule has 20 heavy (non-hydrogen) atoms. The fraction of sp³-hybridized carbons (Fsp3) is 0.857. The summed E-state index contributed by atoms with van der Waals surface area (Å²) in [6.45, 7) is 3.97. The van der Waals surface area contributed by atoms with Crippen molar-refractivity contribution in [3.05, 3.63) is 0 Å². The van der Waals surface area contributed by atoms with E-state index in [-0.39, 0.29) is 30.6 Å². The van der Waals surface area contributed by atoms with E-state index in [1.807, 2.05) is 4.90 Å². The highest BCUT2D eigenvalue weighted by Gasteiger charge is 2.24. The van der Waals surface area contributed by atoms with Crippen LogP contribution >= 0.6 is 0 Å². The highest BCUT2D eigenvalue weighted by atomic mass is 16.2. The third-order valence-electron chi connectivity index (χ3n) is 4.08. The molecule has 0 radical (unpaired) electrons. The number of urea groups is 1. The summed E-state index contributed by atoms with van der Waals surface area (Å²) in [6.07, 6.45) is 5.34. The summed E-state index contributed by atoms with van der Waals surface area (Å²) in [5, 5.41) is 5.26. The number of rotatable bonds is 3. The first-order valence-corrected chi connectivity index (χ1v) is 7.61. The van der Waals surface area contributed by atoms with Crippen LogP contribution in [0.4, 0.5) is 4.79 Å². The lowest BCUT2D eigenvalue weighted by Crippen LogP contribution is -2.51. The molecule has 1 saturated carbocycles. The number of imide groups is 1. The molecule has 6 nitrogen and oxygen atoms in total. The van der Waals surface area contributed by atoms with E-state index in [2.05, 4.69) is 17.6 Å². The summed E-state index contributed by atoms with van der Waals surface area (Å²) >= 11 is 0. The van der Waals surface area contributed by atoms with Crippen LogP contribution in [-0.4, -0.2) is 48.6 Å². The van der Waals surface area contributed by atoms with E-state index >= 15 is 0 Å². The molecule has 114 valence electrons. The van der Waals surface area contributed by atoms with Crippen LogP contribution in [0.2, 0.25) is 0 Å². The Morgan fingerprint density at radius 1 is 1.25 bits per heavy atom. The normalized spacial score (nSPS) is 28.3. The average molecular weight is 282 g/mol. The van der Waals surface area contributed by atoms with Gasteiger partial charge in [0.25, 0.3) is 0 Å². The van der Waals surface area contributed by atoms with E-state index in [1.54, 1.807) is 0 Å². The minimum Gasteiger partial charge on any atom is -0.335 e. The summed E-state index contributed by atoms with van der Waals surface area (Å²) < 4.78 is 0. The van der Waals surface area contributed by atoms with Crippen LogP contribution in [0.25, 0.3) is 0 Å². The van der Waals surface area contributed by atoms with Gasteiger partial charge in [-0.15, -0.1) is 0 Å². The lowest BCUT2D eigenvalue weighted by Gasteiger charge is -2.34. The van der Waals surface area contributed by atoms with Crippen molar-refractivity contribution >= 4 is 11.9 Å². The molecule has 2 fully saturated rings. The molecule has 2 rings (SSSR count). The molecule has 1 aliphatic carbocycles. The first-order chi connectivity index (χ1) is 9.52. The Labute approximate surface area is 120 Å². The van der Waals surface area contributed by atoms with Crippen LogP contribution in [0.1, 0.15) is 39.0 Å². The number of carbonyl (C=O) groups is 2. The Morgan fingerprint density at radius 2 is 1.95 bits per heavy atom. The Morgan fingerprint density at radius 3 is 2.60 bits per heavy atom. The lowest BCUT2D eigenvalue weighted by molar-refractivity contribution is -0.121. The fourth-order valence-electron chi connectivity index (χ4n) is 3.30. The SMILES string of the molecule is CC1CC(N)CN(CC(=O)NC(=O)NC2CCCC2)C1. The van der Waals surface area contributed by atoms with Crippen LogP contribution in [-0.2, 0) is 4.79 Å². The number of hydrogen-bond acceptors (Lipinski definition) is 4. The smallest absolute Gasteiger partial charge is 0.321 e. The summed E-state index contributed by atoms with van der Waals surface area (Å²) in [4.78, 5) is 25.6. The third kappa shape index (κ3) is 4.76. The van der Waals surface area contributed by atoms with Crippen molar-refractivity contribution in [1.29, 1.82) is 0 Å². The van der Waals surface area contributed by atoms with Gasteiger partial charge < -0.3 is 11.1 Å². The standard InChI is InChI=1S/C14H26N4O2/c1-10-6-11(15)8-18(7-10)9-13(19)17-14(20)16-12-4-2-3-5-12/h10-12H,2-9,15H2,1H3,(H2,16,17,19,20). The first-order valence-electron chi connectivity index (χ1n) is 7.61. The van der Waals surface area contributed by atoms with E-state index in [1.165, 1.54) is 0 Å². The molecule has 1 heterocycles. The number of hydrogen-bond donors (Lipinski definition) is 3. The van der Waals surface area contributed by atoms with E-state index in [0.717, 1.165) is 45.2 Å². The minimum atomic E-state index is -0.365. The molecule has 1 aliphatic heterocycles. The second-order valence-corrected chi connectivity index (χ2v) is 6.30. The van der Waals surface area contributed by atoms with Gasteiger partial charge in [-0.3, -0.25) is 15.0 Å². The first kappa shape index (κ1) is 15.3. The van der Waals surface area contributed by atoms with Crippen molar-refractivity contribution in [3.63, 3.8) is 0 Å². The molecule has 0 aromatic carbocycles. The van der Waals surface area contributed by atoms with E-state index in [4.69, 9.17) is 5.73 Å². The maximum Gasteiger partial charge on any atom is 0.321 e. The van der Waals surface area contributed by atoms with Gasteiger partial charge in [-0.1, -0.05) is 19.8 Å². The fourth-order valence-corrected chi connectivity index (χ4v) is 3.30. The van der Waals surface area contributed by atoms with Gasteiger partial charge in [0.2, 0.25) is 5.91 Å². The van der Waals surface area contributed by atoms with Crippen LogP contribution in [0.3, 0.4) is 0 Å². The van der Waals surface area contributed by atoms with Crippen molar-refractivity contribution < 1.29 is 9.59 Å². The second kappa shape index (κ2) is 7.04. The molecule has 2 aliphatic rings. The van der Waals surface area contributed by atoms with Gasteiger partial charge in [0.05, 0.1) is 6.54 Å². The highest BCUT2D eigenvalue weighted by molar-refractivity contribution is 5.95. The summed E-state index contributed by atoms with van der Waals surface area (Å²) in [7, 11) is 0. The van der Waals surface area contributed by atoms with Crippen LogP contribution < -0.4 is 16.4 Å². The van der Waals surface area contributed by atoms with Gasteiger partial charge in [0.1, 0.15) is 0 Å². The Hall–Kier alpha value is -1.14. The van der Waals surface area contributed by atoms with Crippen molar-refractivity contribution in [3.8, 4) is 0 Å². The lowest BCUT2D eigenvalue weighted by atomic mass is 9.97. The second-order valence-electron chi connectivity index (χ2n) is 6.30. The molecule has 1 saturated heterocycles. The van der Waals surface area contributed by atoms with E-state index in [0.29, 0.717) is 5.92 Å². The quantitative estimate of drug-likeness (QED) is 0.700. The summed E-state index contributed by atoms with van der Waals surface area (Å²) in [5.74, 6) is 0.251. The van der Waals surface area contributed by atoms with Crippen molar-refractivity contribution in [2.75, 3.05) is 19.6 Å². The summed E-state index contributed by atoms with van der Waals surface area (Å²) in [5.41, 5.74) is 5.95. The Kier molecular flexibility index (Phi) is 5.37. The zero-order valence-corrected chi connectivity index (χ0v) is 12.2. The van der Waals surface area contributed by atoms with Gasteiger partial charge in [0.15, 0.2) is 0 Å². The number of amides is 3. The maximum atomic E-state index is 11.9. The minimum absolute atomic E-state index is 0.124. The maximum absolute atomic E-state index is 11.9. The zero-order valence-electron chi connectivity index (χ0n) is 12.2. The molecule has 4 N–H and O–H groups in total. The molecule has 6 heteroatoms. The van der Waals surface area contributed by atoms with Gasteiger partial charge in [-0.25, -0.2) is 4.79 Å². The molecule has 0 aromatic rings. The number of piperidine rings is 1. The van der Waals surface area contributed by atoms with Crippen molar-refractivity contribution in [2.24, 2.45) is 11.7 Å². The van der Waals surface area contributed by atoms with Crippen LogP contribution in [0, 0.1) is 5.92 Å². The largest absolute Gasteiger partial charge is 0.335 e. The number of nitrogens with zero attached hydrogens (tertiary/aromatic N) is 1. The highest BCUT2D eigenvalue weighted by Crippen LogP contribution is 2.17. The van der Waals surface area contributed by atoms with Gasteiger partial charge >= 0.3 is 6.03 Å². The Bertz CT molecular complexity index is 345. The molecule has 0 spiro atoms. The molecule has 2 unspecified atom stereocenters. The van der Waals surface area contributed by atoms with Crippen LogP contribution in [0.15, 0.2) is 0 Å². The topological polar surface area (TPSA) is 87.5 Å². The van der Waals surface area contributed by atoms with Gasteiger partial charge in [-0.05, 0) is 25.2 Å². The molecular formula is C14H26N4O2. The summed E-state index contributed by atoms with van der Waals surface area (Å²) in [6, 6.07) is -0.0126.